The Kier molecular flexibility index (Phi) is 6.43. The number of phenols is 1. The molecule has 8 heteroatoms. The van der Waals surface area contributed by atoms with Crippen LogP contribution in [0.15, 0.2) is 63.8 Å². The number of benzene rings is 3. The molecule has 1 saturated heterocycles. The fourth-order valence-electron chi connectivity index (χ4n) is 5.35. The molecule has 0 unspecified atom stereocenters. The lowest BCUT2D eigenvalue weighted by Crippen LogP contribution is -2.45. The summed E-state index contributed by atoms with van der Waals surface area (Å²) in [6.07, 6.45) is 0. The molecule has 3 aromatic carbocycles. The molecule has 0 radical (unpaired) electrons. The van der Waals surface area contributed by atoms with Gasteiger partial charge < -0.3 is 23.7 Å². The molecule has 0 aliphatic carbocycles. The molecule has 0 bridgehead atoms. The number of ether oxygens (including phenoxy) is 3. The number of rotatable bonds is 6. The van der Waals surface area contributed by atoms with Gasteiger partial charge in [-0.1, -0.05) is 24.3 Å². The van der Waals surface area contributed by atoms with E-state index in [1.165, 1.54) is 5.56 Å². The van der Waals surface area contributed by atoms with Gasteiger partial charge in [-0.3, -0.25) is 14.6 Å². The molecule has 0 amide bonds. The minimum Gasteiger partial charge on any atom is -0.507 e. The van der Waals surface area contributed by atoms with Crippen molar-refractivity contribution in [3.05, 3.63) is 81.7 Å². The number of aromatic hydroxyl groups is 1. The highest BCUT2D eigenvalue weighted by Gasteiger charge is 2.24. The number of hydrogen-bond acceptors (Lipinski definition) is 8. The lowest BCUT2D eigenvalue weighted by Gasteiger charge is -2.34. The van der Waals surface area contributed by atoms with E-state index < -0.39 is 0 Å². The van der Waals surface area contributed by atoms with Gasteiger partial charge in [-0.2, -0.15) is 0 Å². The van der Waals surface area contributed by atoms with E-state index >= 15 is 0 Å². The van der Waals surface area contributed by atoms with Crippen LogP contribution in [0.3, 0.4) is 0 Å². The van der Waals surface area contributed by atoms with Crippen LogP contribution < -0.4 is 19.6 Å². The Labute approximate surface area is 220 Å². The molecule has 8 nitrogen and oxygen atoms in total. The van der Waals surface area contributed by atoms with E-state index in [9.17, 15) is 9.90 Å². The topological polar surface area (TPSA) is 84.6 Å². The summed E-state index contributed by atoms with van der Waals surface area (Å²) in [7, 11) is 1.59. The molecule has 0 saturated carbocycles. The van der Waals surface area contributed by atoms with E-state index in [2.05, 4.69) is 15.9 Å². The predicted octanol–water partition coefficient (Wildman–Crippen LogP) is 4.53. The van der Waals surface area contributed by atoms with Gasteiger partial charge >= 0.3 is 0 Å². The first-order valence-corrected chi connectivity index (χ1v) is 12.8. The summed E-state index contributed by atoms with van der Waals surface area (Å²) >= 11 is 0. The van der Waals surface area contributed by atoms with Crippen LogP contribution in [0, 0.1) is 6.92 Å². The van der Waals surface area contributed by atoms with E-state index in [0.29, 0.717) is 45.7 Å². The summed E-state index contributed by atoms with van der Waals surface area (Å²) < 4.78 is 22.7. The first-order chi connectivity index (χ1) is 18.5. The molecule has 0 spiro atoms. The highest BCUT2D eigenvalue weighted by Crippen LogP contribution is 2.35. The predicted molar refractivity (Wildman–Crippen MR) is 144 cm³/mol. The highest BCUT2D eigenvalue weighted by atomic mass is 16.7. The molecular formula is C30H30N2O6. The van der Waals surface area contributed by atoms with Crippen molar-refractivity contribution in [2.75, 3.05) is 40.1 Å². The summed E-state index contributed by atoms with van der Waals surface area (Å²) in [5.74, 6) is 2.84. The van der Waals surface area contributed by atoms with Crippen molar-refractivity contribution in [2.24, 2.45) is 0 Å². The van der Waals surface area contributed by atoms with Gasteiger partial charge in [0.05, 0.1) is 23.6 Å². The van der Waals surface area contributed by atoms with E-state index in [-0.39, 0.29) is 18.0 Å². The van der Waals surface area contributed by atoms with Crippen LogP contribution in [0.5, 0.6) is 23.0 Å². The average Bonchev–Trinajstić information content (AvgIpc) is 3.40. The third-order valence-corrected chi connectivity index (χ3v) is 7.38. The molecule has 1 aromatic heterocycles. The first kappa shape index (κ1) is 24.3. The molecule has 1 N–H and O–H groups in total. The summed E-state index contributed by atoms with van der Waals surface area (Å²) in [4.78, 5) is 18.3. The van der Waals surface area contributed by atoms with Crippen molar-refractivity contribution in [2.45, 2.75) is 20.0 Å². The minimum atomic E-state index is -0.136. The van der Waals surface area contributed by atoms with Gasteiger partial charge in [-0.25, -0.2) is 0 Å². The normalized spacial score (nSPS) is 15.7. The van der Waals surface area contributed by atoms with Crippen LogP contribution in [0.1, 0.15) is 16.9 Å². The Hall–Kier alpha value is -4.01. The number of phenolic OH excluding ortho intramolecular Hbond substituents is 1. The van der Waals surface area contributed by atoms with Gasteiger partial charge in [0.2, 0.25) is 12.2 Å². The zero-order chi connectivity index (χ0) is 26.2. The van der Waals surface area contributed by atoms with Gasteiger partial charge in [-0.05, 0) is 42.8 Å². The molecule has 1 fully saturated rings. The third kappa shape index (κ3) is 4.46. The second-order valence-electron chi connectivity index (χ2n) is 9.74. The Bertz CT molecular complexity index is 1550. The van der Waals surface area contributed by atoms with Crippen LogP contribution >= 0.6 is 0 Å². The molecule has 4 aromatic rings. The second kappa shape index (κ2) is 10.0. The Morgan fingerprint density at radius 3 is 2.45 bits per heavy atom. The first-order valence-electron chi connectivity index (χ1n) is 12.8. The van der Waals surface area contributed by atoms with Crippen LogP contribution in [0.25, 0.3) is 22.1 Å². The van der Waals surface area contributed by atoms with Crippen molar-refractivity contribution in [1.29, 1.82) is 0 Å². The minimum absolute atomic E-state index is 0.132. The van der Waals surface area contributed by atoms with E-state index in [1.54, 1.807) is 26.2 Å². The van der Waals surface area contributed by atoms with E-state index in [4.69, 9.17) is 18.6 Å². The molecule has 2 aliphatic rings. The maximum atomic E-state index is 13.6. The van der Waals surface area contributed by atoms with Gasteiger partial charge in [0.1, 0.15) is 22.8 Å². The second-order valence-corrected chi connectivity index (χ2v) is 9.74. The summed E-state index contributed by atoms with van der Waals surface area (Å²) in [5.41, 5.74) is 3.30. The van der Waals surface area contributed by atoms with Crippen molar-refractivity contribution < 1.29 is 23.7 Å². The summed E-state index contributed by atoms with van der Waals surface area (Å²) in [5, 5.41) is 11.2. The quantitative estimate of drug-likeness (QED) is 0.402. The number of para-hydroxylation sites is 1. The fourth-order valence-corrected chi connectivity index (χ4v) is 5.35. The molecule has 3 heterocycles. The number of methoxy groups -OCH3 is 1. The summed E-state index contributed by atoms with van der Waals surface area (Å²) in [6.45, 7) is 6.85. The largest absolute Gasteiger partial charge is 0.507 e. The Morgan fingerprint density at radius 1 is 0.921 bits per heavy atom. The zero-order valence-electron chi connectivity index (χ0n) is 21.5. The average molecular weight is 515 g/mol. The lowest BCUT2D eigenvalue weighted by atomic mass is 10.00. The van der Waals surface area contributed by atoms with Gasteiger partial charge in [0.15, 0.2) is 11.5 Å². The molecule has 0 atom stereocenters. The molecule has 2 aliphatic heterocycles. The fraction of sp³-hybridized carbons (Fsp3) is 0.300. The Balaban J connectivity index is 1.22. The maximum absolute atomic E-state index is 13.6. The number of aryl methyl sites for hydroxylation is 1. The molecule has 6 rings (SSSR count). The van der Waals surface area contributed by atoms with Crippen LogP contribution in [0.4, 0.5) is 0 Å². The van der Waals surface area contributed by atoms with Crippen LogP contribution in [-0.4, -0.2) is 55.0 Å². The standard InChI is InChI=1S/C30H30N2O6/c1-19-28(21-5-3-4-6-25(21)35-2)29(34)22-8-9-24(33)23(30(22)38-19)17-32-13-11-31(12-14-32)16-20-7-10-26-27(15-20)37-18-36-26/h3-10,15,33H,11-14,16-18H2,1-2H3. The lowest BCUT2D eigenvalue weighted by molar-refractivity contribution is 0.121. The van der Waals surface area contributed by atoms with Crippen molar-refractivity contribution >= 4 is 11.0 Å². The summed E-state index contributed by atoms with van der Waals surface area (Å²) in [6, 6.07) is 16.7. The number of hydrogen-bond donors (Lipinski definition) is 1. The number of fused-ring (bicyclic) bond motifs is 2. The highest BCUT2D eigenvalue weighted by molar-refractivity contribution is 5.87. The van der Waals surface area contributed by atoms with Crippen molar-refractivity contribution in [1.82, 2.24) is 9.80 Å². The van der Waals surface area contributed by atoms with Gasteiger partial charge in [-0.15, -0.1) is 0 Å². The zero-order valence-corrected chi connectivity index (χ0v) is 21.5. The van der Waals surface area contributed by atoms with Crippen LogP contribution in [-0.2, 0) is 13.1 Å². The van der Waals surface area contributed by atoms with Gasteiger partial charge in [0.25, 0.3) is 0 Å². The van der Waals surface area contributed by atoms with Crippen LogP contribution in [0.2, 0.25) is 0 Å². The van der Waals surface area contributed by atoms with E-state index in [1.807, 2.05) is 36.4 Å². The van der Waals surface area contributed by atoms with E-state index in [0.717, 1.165) is 44.2 Å². The number of piperazine rings is 1. The SMILES string of the molecule is COc1ccccc1-c1c(C)oc2c(CN3CCN(Cc4ccc5c(c4)OCO5)CC3)c(O)ccc2c1=O. The van der Waals surface area contributed by atoms with Gasteiger partial charge in [0, 0.05) is 44.8 Å². The van der Waals surface area contributed by atoms with Crippen molar-refractivity contribution in [3.8, 4) is 34.1 Å². The smallest absolute Gasteiger partial charge is 0.231 e. The number of nitrogens with zero attached hydrogens (tertiary/aromatic N) is 2. The molecule has 196 valence electrons. The molecule has 38 heavy (non-hydrogen) atoms. The Morgan fingerprint density at radius 2 is 1.66 bits per heavy atom. The monoisotopic (exact) mass is 514 g/mol. The maximum Gasteiger partial charge on any atom is 0.231 e. The molecular weight excluding hydrogens is 484 g/mol. The van der Waals surface area contributed by atoms with Crippen molar-refractivity contribution in [3.63, 3.8) is 0 Å². The third-order valence-electron chi connectivity index (χ3n) is 7.38.